The molecule has 2 N–H and O–H groups in total. The Balaban J connectivity index is 0.00000392. The molecular weight excluding hydrogens is 485 g/mol. The molecule has 1 saturated carbocycles. The Bertz CT molecular complexity index is 593. The summed E-state index contributed by atoms with van der Waals surface area (Å²) in [5, 5.41) is 6.80. The van der Waals surface area contributed by atoms with Crippen LogP contribution in [0.15, 0.2) is 35.3 Å². The standard InChI is InChI=1S/C21H35N3O2S.HI/c1-3-26-15-13-21(11-7-8-12-21)18-24-20(22-2)23-14-16-27(25)17-19-9-5-4-6-10-19;/h4-6,9-10H,3,7-8,11-18H2,1-2H3,(H2,22,23,24);1H. The molecule has 1 aliphatic rings. The lowest BCUT2D eigenvalue weighted by molar-refractivity contribution is 0.105. The van der Waals surface area contributed by atoms with Crippen molar-refractivity contribution in [2.24, 2.45) is 10.4 Å². The van der Waals surface area contributed by atoms with Crippen LogP contribution in [0.5, 0.6) is 0 Å². The molecule has 1 aliphatic carbocycles. The molecule has 1 unspecified atom stereocenters. The number of guanidine groups is 1. The molecule has 5 nitrogen and oxygen atoms in total. The van der Waals surface area contributed by atoms with Crippen molar-refractivity contribution in [1.29, 1.82) is 0 Å². The van der Waals surface area contributed by atoms with E-state index < -0.39 is 10.8 Å². The fraction of sp³-hybridized carbons (Fsp3) is 0.667. The van der Waals surface area contributed by atoms with E-state index in [-0.39, 0.29) is 24.0 Å². The monoisotopic (exact) mass is 521 g/mol. The van der Waals surface area contributed by atoms with Crippen LogP contribution in [0.2, 0.25) is 0 Å². The lowest BCUT2D eigenvalue weighted by atomic mass is 9.83. The quantitative estimate of drug-likeness (QED) is 0.202. The lowest BCUT2D eigenvalue weighted by Crippen LogP contribution is -2.44. The predicted octanol–water partition coefficient (Wildman–Crippen LogP) is 3.71. The summed E-state index contributed by atoms with van der Waals surface area (Å²) in [6.45, 7) is 5.25. The highest BCUT2D eigenvalue weighted by Gasteiger charge is 2.33. The van der Waals surface area contributed by atoms with E-state index in [1.54, 1.807) is 7.05 Å². The molecule has 2 rings (SSSR count). The number of nitrogens with one attached hydrogen (secondary N) is 2. The first kappa shape index (κ1) is 25.4. The number of benzene rings is 1. The molecule has 1 aromatic rings. The number of hydrogen-bond acceptors (Lipinski definition) is 3. The van der Waals surface area contributed by atoms with E-state index in [1.807, 2.05) is 37.3 Å². The lowest BCUT2D eigenvalue weighted by Gasteiger charge is -2.30. The second-order valence-corrected chi connectivity index (χ2v) is 8.86. The van der Waals surface area contributed by atoms with E-state index in [4.69, 9.17) is 4.74 Å². The minimum absolute atomic E-state index is 0. The van der Waals surface area contributed by atoms with Crippen molar-refractivity contribution in [3.63, 3.8) is 0 Å². The highest BCUT2D eigenvalue weighted by Crippen LogP contribution is 2.40. The van der Waals surface area contributed by atoms with Crippen LogP contribution in [0.1, 0.15) is 44.6 Å². The van der Waals surface area contributed by atoms with Gasteiger partial charge in [-0.25, -0.2) is 0 Å². The van der Waals surface area contributed by atoms with E-state index in [0.29, 0.717) is 23.5 Å². The van der Waals surface area contributed by atoms with Crippen LogP contribution < -0.4 is 10.6 Å². The van der Waals surface area contributed by atoms with Gasteiger partial charge in [0.2, 0.25) is 0 Å². The third-order valence-corrected chi connectivity index (χ3v) is 6.61. The van der Waals surface area contributed by atoms with Gasteiger partial charge >= 0.3 is 0 Å². The van der Waals surface area contributed by atoms with Gasteiger partial charge in [0.05, 0.1) is 0 Å². The molecular formula is C21H36IN3O2S. The number of hydrogen-bond donors (Lipinski definition) is 2. The Morgan fingerprint density at radius 1 is 1.21 bits per heavy atom. The van der Waals surface area contributed by atoms with Crippen molar-refractivity contribution in [3.8, 4) is 0 Å². The fourth-order valence-electron chi connectivity index (χ4n) is 3.68. The normalized spacial score (nSPS) is 17.0. The summed E-state index contributed by atoms with van der Waals surface area (Å²) in [6.07, 6.45) is 6.22. The van der Waals surface area contributed by atoms with Crippen molar-refractivity contribution in [2.75, 3.05) is 39.1 Å². The summed E-state index contributed by atoms with van der Waals surface area (Å²) in [5.74, 6) is 2.02. The topological polar surface area (TPSA) is 62.7 Å². The largest absolute Gasteiger partial charge is 0.382 e. The summed E-state index contributed by atoms with van der Waals surface area (Å²) < 4.78 is 17.8. The first-order valence-electron chi connectivity index (χ1n) is 10.1. The number of ether oxygens (including phenoxy) is 1. The molecule has 1 aromatic carbocycles. The van der Waals surface area contributed by atoms with Gasteiger partial charge < -0.3 is 15.4 Å². The number of aliphatic imine (C=N–C) groups is 1. The third-order valence-electron chi connectivity index (χ3n) is 5.29. The Kier molecular flexibility index (Phi) is 13.0. The molecule has 160 valence electrons. The molecule has 0 aromatic heterocycles. The maximum Gasteiger partial charge on any atom is 0.191 e. The Hall–Kier alpha value is -0.670. The zero-order chi connectivity index (χ0) is 19.4. The van der Waals surface area contributed by atoms with Gasteiger partial charge in [-0.1, -0.05) is 43.2 Å². The molecule has 0 bridgehead atoms. The SMILES string of the molecule is CCOCCC1(CNC(=NC)NCCS(=O)Cc2ccccc2)CCCC1.I. The predicted molar refractivity (Wildman–Crippen MR) is 130 cm³/mol. The van der Waals surface area contributed by atoms with Gasteiger partial charge in [0.25, 0.3) is 0 Å². The molecule has 7 heteroatoms. The van der Waals surface area contributed by atoms with Crippen LogP contribution in [0, 0.1) is 5.41 Å². The van der Waals surface area contributed by atoms with E-state index in [2.05, 4.69) is 15.6 Å². The van der Waals surface area contributed by atoms with E-state index >= 15 is 0 Å². The molecule has 0 heterocycles. The van der Waals surface area contributed by atoms with Crippen molar-refractivity contribution in [2.45, 2.75) is 44.8 Å². The Labute approximate surface area is 190 Å². The minimum atomic E-state index is -0.871. The number of halogens is 1. The van der Waals surface area contributed by atoms with Crippen LogP contribution in [0.25, 0.3) is 0 Å². The summed E-state index contributed by atoms with van der Waals surface area (Å²) in [6, 6.07) is 10.0. The summed E-state index contributed by atoms with van der Waals surface area (Å²) in [7, 11) is 0.919. The van der Waals surface area contributed by atoms with Crippen LogP contribution in [0.4, 0.5) is 0 Å². The average molecular weight is 522 g/mol. The van der Waals surface area contributed by atoms with Gasteiger partial charge in [-0.2, -0.15) is 0 Å². The molecule has 0 saturated heterocycles. The maximum atomic E-state index is 12.2. The van der Waals surface area contributed by atoms with Gasteiger partial charge in [0.1, 0.15) is 0 Å². The fourth-order valence-corrected chi connectivity index (χ4v) is 4.72. The Morgan fingerprint density at radius 2 is 1.93 bits per heavy atom. The summed E-state index contributed by atoms with van der Waals surface area (Å²) in [4.78, 5) is 4.32. The van der Waals surface area contributed by atoms with Crippen molar-refractivity contribution < 1.29 is 8.95 Å². The molecule has 0 spiro atoms. The molecule has 1 atom stereocenters. The van der Waals surface area contributed by atoms with Gasteiger partial charge in [0, 0.05) is 55.7 Å². The van der Waals surface area contributed by atoms with Crippen molar-refractivity contribution in [3.05, 3.63) is 35.9 Å². The van der Waals surface area contributed by atoms with Gasteiger partial charge in [-0.3, -0.25) is 9.20 Å². The summed E-state index contributed by atoms with van der Waals surface area (Å²) >= 11 is 0. The smallest absolute Gasteiger partial charge is 0.191 e. The van der Waals surface area contributed by atoms with Gasteiger partial charge in [-0.05, 0) is 37.2 Å². The van der Waals surface area contributed by atoms with E-state index in [0.717, 1.165) is 37.7 Å². The van der Waals surface area contributed by atoms with Gasteiger partial charge in [0.15, 0.2) is 5.96 Å². The van der Waals surface area contributed by atoms with Crippen LogP contribution in [0.3, 0.4) is 0 Å². The third kappa shape index (κ3) is 9.22. The zero-order valence-electron chi connectivity index (χ0n) is 17.2. The van der Waals surface area contributed by atoms with E-state index in [1.165, 1.54) is 25.7 Å². The molecule has 0 amide bonds. The minimum Gasteiger partial charge on any atom is -0.382 e. The zero-order valence-corrected chi connectivity index (χ0v) is 20.4. The number of rotatable bonds is 11. The van der Waals surface area contributed by atoms with Crippen LogP contribution >= 0.6 is 24.0 Å². The average Bonchev–Trinajstić information content (AvgIpc) is 3.14. The first-order valence-corrected chi connectivity index (χ1v) is 11.6. The molecule has 0 radical (unpaired) electrons. The Morgan fingerprint density at radius 3 is 2.57 bits per heavy atom. The van der Waals surface area contributed by atoms with Crippen molar-refractivity contribution in [1.82, 2.24) is 10.6 Å². The first-order chi connectivity index (χ1) is 13.2. The van der Waals surface area contributed by atoms with Crippen LogP contribution in [-0.2, 0) is 21.3 Å². The highest BCUT2D eigenvalue weighted by molar-refractivity contribution is 14.0. The maximum absolute atomic E-state index is 12.2. The van der Waals surface area contributed by atoms with E-state index in [9.17, 15) is 4.21 Å². The second-order valence-electron chi connectivity index (χ2n) is 7.28. The number of nitrogens with zero attached hydrogens (tertiary/aromatic N) is 1. The molecule has 28 heavy (non-hydrogen) atoms. The van der Waals surface area contributed by atoms with Gasteiger partial charge in [-0.15, -0.1) is 24.0 Å². The van der Waals surface area contributed by atoms with Crippen molar-refractivity contribution >= 4 is 40.7 Å². The van der Waals surface area contributed by atoms with Crippen LogP contribution in [-0.4, -0.2) is 49.3 Å². The highest BCUT2D eigenvalue weighted by atomic mass is 127. The molecule has 0 aliphatic heterocycles. The molecule has 1 fully saturated rings. The second kappa shape index (κ2) is 14.3. The summed E-state index contributed by atoms with van der Waals surface area (Å²) in [5.41, 5.74) is 1.44.